The third-order valence-electron chi connectivity index (χ3n) is 6.36. The molecule has 29 heavy (non-hydrogen) atoms. The van der Waals surface area contributed by atoms with Crippen LogP contribution in [0.5, 0.6) is 0 Å². The number of hydrogen-bond acceptors (Lipinski definition) is 3. The molecule has 0 radical (unpaired) electrons. The zero-order chi connectivity index (χ0) is 20.2. The molecule has 1 saturated heterocycles. The first-order valence-corrected chi connectivity index (χ1v) is 11.3. The Hall–Kier alpha value is -2.05. The number of amides is 2. The number of hydrogen-bond donors (Lipinski definition) is 1. The van der Waals surface area contributed by atoms with Crippen LogP contribution in [-0.2, 0) is 22.2 Å². The summed E-state index contributed by atoms with van der Waals surface area (Å²) in [6, 6.07) is 8.30. The average molecular weight is 412 g/mol. The van der Waals surface area contributed by atoms with Gasteiger partial charge in [0, 0.05) is 6.04 Å². The number of carbonyl (C=O) groups is 2. The van der Waals surface area contributed by atoms with Crippen LogP contribution in [0.1, 0.15) is 63.4 Å². The number of amidine groups is 1. The minimum Gasteiger partial charge on any atom is -0.742 e. The van der Waals surface area contributed by atoms with Crippen molar-refractivity contribution in [1.82, 2.24) is 4.90 Å². The molecule has 0 aromatic heterocycles. The maximum atomic E-state index is 13.1. The maximum Gasteiger partial charge on any atom is 0.282 e. The molecule has 2 aliphatic heterocycles. The largest absolute Gasteiger partial charge is 0.742 e. The molecule has 154 valence electrons. The SMILES string of the molecule is O=C1N=C([S-])N(C2CCCCC2)C(=O)/C1=C\c1ccc([NH+]2CCCCCC2)cc1. The molecular weight excluding hydrogens is 382 g/mol. The third-order valence-corrected chi connectivity index (χ3v) is 6.65. The van der Waals surface area contributed by atoms with E-state index in [1.165, 1.54) is 55.8 Å². The van der Waals surface area contributed by atoms with Crippen LogP contribution in [0.25, 0.3) is 6.08 Å². The summed E-state index contributed by atoms with van der Waals surface area (Å²) in [6.45, 7) is 2.34. The fourth-order valence-electron chi connectivity index (χ4n) is 4.72. The van der Waals surface area contributed by atoms with Crippen molar-refractivity contribution in [2.75, 3.05) is 13.1 Å². The average Bonchev–Trinajstić information content (AvgIpc) is 3.02. The van der Waals surface area contributed by atoms with Gasteiger partial charge in [0.05, 0.1) is 13.1 Å². The molecule has 0 unspecified atom stereocenters. The minimum absolute atomic E-state index is 0.0676. The van der Waals surface area contributed by atoms with Gasteiger partial charge in [-0.15, -0.1) is 0 Å². The van der Waals surface area contributed by atoms with Gasteiger partial charge in [-0.25, -0.2) is 4.99 Å². The molecule has 0 atom stereocenters. The number of nitrogens with zero attached hydrogens (tertiary/aromatic N) is 2. The molecule has 0 spiro atoms. The molecule has 1 N–H and O–H groups in total. The van der Waals surface area contributed by atoms with Gasteiger partial charge in [0.2, 0.25) is 0 Å². The van der Waals surface area contributed by atoms with E-state index < -0.39 is 5.91 Å². The Kier molecular flexibility index (Phi) is 6.40. The van der Waals surface area contributed by atoms with Crippen LogP contribution in [-0.4, -0.2) is 41.0 Å². The Morgan fingerprint density at radius 1 is 0.931 bits per heavy atom. The molecule has 2 fully saturated rings. The fourth-order valence-corrected chi connectivity index (χ4v) is 5.03. The first-order chi connectivity index (χ1) is 14.1. The molecule has 0 bridgehead atoms. The Morgan fingerprint density at radius 2 is 1.55 bits per heavy atom. The maximum absolute atomic E-state index is 13.1. The second-order valence-electron chi connectivity index (χ2n) is 8.36. The van der Waals surface area contributed by atoms with Crippen LogP contribution >= 0.6 is 0 Å². The fraction of sp³-hybridized carbons (Fsp3) is 0.522. The van der Waals surface area contributed by atoms with E-state index in [-0.39, 0.29) is 22.7 Å². The Morgan fingerprint density at radius 3 is 2.21 bits per heavy atom. The zero-order valence-electron chi connectivity index (χ0n) is 16.9. The summed E-state index contributed by atoms with van der Waals surface area (Å²) in [5, 5.41) is 0.129. The molecule has 6 heteroatoms. The second-order valence-corrected chi connectivity index (χ2v) is 8.73. The van der Waals surface area contributed by atoms with Crippen LogP contribution in [0.15, 0.2) is 34.8 Å². The van der Waals surface area contributed by atoms with Gasteiger partial charge in [-0.3, -0.25) is 9.59 Å². The summed E-state index contributed by atoms with van der Waals surface area (Å²) in [7, 11) is 0. The molecule has 1 aromatic carbocycles. The van der Waals surface area contributed by atoms with Crippen LogP contribution in [0.2, 0.25) is 0 Å². The van der Waals surface area contributed by atoms with E-state index in [0.29, 0.717) is 0 Å². The number of quaternary nitrogens is 1. The summed E-state index contributed by atoms with van der Waals surface area (Å²) < 4.78 is 0. The van der Waals surface area contributed by atoms with Crippen molar-refractivity contribution >= 4 is 41.4 Å². The number of aliphatic imine (C=N–C) groups is 1. The van der Waals surface area contributed by atoms with Crippen LogP contribution in [0.3, 0.4) is 0 Å². The van der Waals surface area contributed by atoms with Crippen molar-refractivity contribution in [2.24, 2.45) is 4.99 Å². The highest BCUT2D eigenvalue weighted by Gasteiger charge is 2.33. The van der Waals surface area contributed by atoms with Crippen molar-refractivity contribution < 1.29 is 14.5 Å². The highest BCUT2D eigenvalue weighted by Crippen LogP contribution is 2.27. The standard InChI is InChI=1S/C23H29N3O2S/c27-21-20(22(28)26(23(29)24-21)19-8-4-3-5-9-19)16-17-10-12-18(13-11-17)25-14-6-1-2-7-15-25/h10-13,16,19H,1-9,14-15H2,(H,24,27,29)/b20-16-. The van der Waals surface area contributed by atoms with Crippen LogP contribution < -0.4 is 4.90 Å². The van der Waals surface area contributed by atoms with Crippen molar-refractivity contribution in [3.8, 4) is 0 Å². The van der Waals surface area contributed by atoms with E-state index in [0.717, 1.165) is 31.2 Å². The van der Waals surface area contributed by atoms with Gasteiger partial charge < -0.3 is 22.4 Å². The second kappa shape index (κ2) is 9.18. The lowest BCUT2D eigenvalue weighted by Crippen LogP contribution is -3.07. The summed E-state index contributed by atoms with van der Waals surface area (Å²) in [6.07, 6.45) is 12.1. The number of nitrogens with one attached hydrogen (secondary N) is 1. The molecule has 1 aliphatic carbocycles. The molecular formula is C23H29N3O2S. The highest BCUT2D eigenvalue weighted by atomic mass is 32.1. The van der Waals surface area contributed by atoms with Gasteiger partial charge in [-0.1, -0.05) is 19.3 Å². The lowest BCUT2D eigenvalue weighted by atomic mass is 9.93. The van der Waals surface area contributed by atoms with E-state index in [4.69, 9.17) is 12.6 Å². The Balaban J connectivity index is 1.54. The van der Waals surface area contributed by atoms with Gasteiger partial charge in [-0.05, 0) is 79.6 Å². The lowest BCUT2D eigenvalue weighted by Gasteiger charge is -2.40. The van der Waals surface area contributed by atoms with E-state index >= 15 is 0 Å². The van der Waals surface area contributed by atoms with E-state index in [1.807, 2.05) is 12.1 Å². The first-order valence-electron chi connectivity index (χ1n) is 10.9. The number of benzene rings is 1. The number of rotatable bonds is 3. The third kappa shape index (κ3) is 4.59. The highest BCUT2D eigenvalue weighted by molar-refractivity contribution is 7.77. The smallest absolute Gasteiger partial charge is 0.282 e. The van der Waals surface area contributed by atoms with Gasteiger partial charge in [0.1, 0.15) is 11.3 Å². The summed E-state index contributed by atoms with van der Waals surface area (Å²) >= 11 is 5.27. The molecule has 2 amide bonds. The van der Waals surface area contributed by atoms with Gasteiger partial charge in [-0.2, -0.15) is 0 Å². The van der Waals surface area contributed by atoms with Gasteiger partial charge in [0.15, 0.2) is 0 Å². The topological polar surface area (TPSA) is 54.2 Å². The van der Waals surface area contributed by atoms with Crippen molar-refractivity contribution in [3.63, 3.8) is 0 Å². The quantitative estimate of drug-likeness (QED) is 0.473. The Bertz CT molecular complexity index is 817. The summed E-state index contributed by atoms with van der Waals surface area (Å²) in [4.78, 5) is 32.6. The molecule has 1 aromatic rings. The van der Waals surface area contributed by atoms with Crippen molar-refractivity contribution in [3.05, 3.63) is 35.4 Å². The van der Waals surface area contributed by atoms with E-state index in [9.17, 15) is 9.59 Å². The van der Waals surface area contributed by atoms with Gasteiger partial charge >= 0.3 is 0 Å². The lowest BCUT2D eigenvalue weighted by molar-refractivity contribution is -0.831. The summed E-state index contributed by atoms with van der Waals surface area (Å²) in [5.41, 5.74) is 2.26. The molecule has 2 heterocycles. The van der Waals surface area contributed by atoms with Gasteiger partial charge in [0.25, 0.3) is 11.8 Å². The van der Waals surface area contributed by atoms with Crippen LogP contribution in [0, 0.1) is 0 Å². The molecule has 5 nitrogen and oxygen atoms in total. The predicted octanol–water partition coefficient (Wildman–Crippen LogP) is 2.76. The molecule has 4 rings (SSSR count). The zero-order valence-corrected chi connectivity index (χ0v) is 17.7. The minimum atomic E-state index is -0.519. The van der Waals surface area contributed by atoms with Crippen molar-refractivity contribution in [1.29, 1.82) is 0 Å². The van der Waals surface area contributed by atoms with Crippen LogP contribution in [0.4, 0.5) is 5.69 Å². The van der Waals surface area contributed by atoms with Crippen molar-refractivity contribution in [2.45, 2.75) is 63.8 Å². The predicted molar refractivity (Wildman–Crippen MR) is 117 cm³/mol. The molecule has 3 aliphatic rings. The summed E-state index contributed by atoms with van der Waals surface area (Å²) in [5.74, 6) is -0.807. The Labute approximate surface area is 178 Å². The monoisotopic (exact) mass is 411 g/mol. The first kappa shape index (κ1) is 20.2. The number of carbonyl (C=O) groups excluding carboxylic acids is 2. The van der Waals surface area contributed by atoms with E-state index in [1.54, 1.807) is 11.0 Å². The van der Waals surface area contributed by atoms with E-state index in [2.05, 4.69) is 17.1 Å². The molecule has 1 saturated carbocycles. The normalized spacial score (nSPS) is 23.9.